The standard InChI is InChI=1S/C10H23NS/c1-3-6-10(12)7-5-9-11-8-4-2/h10-12H,3-9H2,1-2H3. The van der Waals surface area contributed by atoms with Gasteiger partial charge in [0.1, 0.15) is 0 Å². The van der Waals surface area contributed by atoms with Gasteiger partial charge in [-0.3, -0.25) is 0 Å². The van der Waals surface area contributed by atoms with Gasteiger partial charge in [-0.05, 0) is 38.8 Å². The summed E-state index contributed by atoms with van der Waals surface area (Å²) < 4.78 is 0. The zero-order valence-corrected chi connectivity index (χ0v) is 9.37. The Morgan fingerprint density at radius 1 is 1.08 bits per heavy atom. The predicted molar refractivity (Wildman–Crippen MR) is 60.1 cm³/mol. The second kappa shape index (κ2) is 9.40. The van der Waals surface area contributed by atoms with Crippen LogP contribution in [0.1, 0.15) is 46.0 Å². The molecule has 0 saturated heterocycles. The van der Waals surface area contributed by atoms with Crippen LogP contribution in [0.4, 0.5) is 0 Å². The van der Waals surface area contributed by atoms with Crippen molar-refractivity contribution >= 4 is 12.6 Å². The Balaban J connectivity index is 2.97. The van der Waals surface area contributed by atoms with E-state index in [0.717, 1.165) is 13.1 Å². The molecule has 0 aliphatic carbocycles. The monoisotopic (exact) mass is 189 g/mol. The van der Waals surface area contributed by atoms with Crippen molar-refractivity contribution in [2.24, 2.45) is 0 Å². The highest BCUT2D eigenvalue weighted by molar-refractivity contribution is 7.80. The fourth-order valence-electron chi connectivity index (χ4n) is 1.24. The van der Waals surface area contributed by atoms with Crippen LogP contribution in [0.15, 0.2) is 0 Å². The first kappa shape index (κ1) is 12.3. The van der Waals surface area contributed by atoms with E-state index in [1.54, 1.807) is 0 Å². The maximum absolute atomic E-state index is 4.51. The van der Waals surface area contributed by atoms with Crippen LogP contribution >= 0.6 is 12.6 Å². The van der Waals surface area contributed by atoms with Crippen LogP contribution in [0.3, 0.4) is 0 Å². The van der Waals surface area contributed by atoms with Gasteiger partial charge in [-0.2, -0.15) is 12.6 Å². The number of nitrogens with one attached hydrogen (secondary N) is 1. The van der Waals surface area contributed by atoms with Crippen molar-refractivity contribution in [1.82, 2.24) is 5.32 Å². The summed E-state index contributed by atoms with van der Waals surface area (Å²) in [5, 5.41) is 4.02. The van der Waals surface area contributed by atoms with Gasteiger partial charge < -0.3 is 5.32 Å². The normalized spacial score (nSPS) is 13.2. The molecule has 0 aliphatic rings. The van der Waals surface area contributed by atoms with Crippen LogP contribution in [0.25, 0.3) is 0 Å². The topological polar surface area (TPSA) is 12.0 Å². The maximum atomic E-state index is 4.51. The molecule has 1 N–H and O–H groups in total. The smallest absolute Gasteiger partial charge is 0.00171 e. The molecule has 0 spiro atoms. The highest BCUT2D eigenvalue weighted by atomic mass is 32.1. The van der Waals surface area contributed by atoms with Gasteiger partial charge in [-0.15, -0.1) is 0 Å². The molecule has 0 radical (unpaired) electrons. The summed E-state index contributed by atoms with van der Waals surface area (Å²) in [5.74, 6) is 0. The largest absolute Gasteiger partial charge is 0.317 e. The average molecular weight is 189 g/mol. The van der Waals surface area contributed by atoms with Crippen LogP contribution in [-0.4, -0.2) is 18.3 Å². The Hall–Kier alpha value is 0.310. The average Bonchev–Trinajstić information content (AvgIpc) is 2.05. The van der Waals surface area contributed by atoms with Crippen molar-refractivity contribution < 1.29 is 0 Å². The Labute approximate surface area is 82.7 Å². The predicted octanol–water partition coefficient (Wildman–Crippen LogP) is 2.86. The van der Waals surface area contributed by atoms with Gasteiger partial charge in [0.05, 0.1) is 0 Å². The molecule has 0 rings (SSSR count). The summed E-state index contributed by atoms with van der Waals surface area (Å²) in [6.07, 6.45) is 6.29. The minimum absolute atomic E-state index is 0.624. The fourth-order valence-corrected chi connectivity index (χ4v) is 1.68. The summed E-state index contributed by atoms with van der Waals surface area (Å²) in [4.78, 5) is 0. The van der Waals surface area contributed by atoms with Gasteiger partial charge in [0.2, 0.25) is 0 Å². The molecule has 0 aromatic rings. The Morgan fingerprint density at radius 2 is 1.83 bits per heavy atom. The number of rotatable bonds is 8. The highest BCUT2D eigenvalue weighted by Gasteiger charge is 1.99. The molecule has 0 amide bonds. The fraction of sp³-hybridized carbons (Fsp3) is 1.00. The zero-order chi connectivity index (χ0) is 9.23. The molecule has 0 aliphatic heterocycles. The molecule has 2 heteroatoms. The number of hydrogen-bond donors (Lipinski definition) is 2. The first-order valence-electron chi connectivity index (χ1n) is 5.20. The van der Waals surface area contributed by atoms with E-state index in [0.29, 0.717) is 5.25 Å². The lowest BCUT2D eigenvalue weighted by Crippen LogP contribution is -2.16. The van der Waals surface area contributed by atoms with E-state index in [9.17, 15) is 0 Å². The molecule has 0 saturated carbocycles. The molecule has 0 aromatic heterocycles. The van der Waals surface area contributed by atoms with Crippen LogP contribution in [0, 0.1) is 0 Å². The molecular formula is C10H23NS. The Morgan fingerprint density at radius 3 is 2.42 bits per heavy atom. The first-order chi connectivity index (χ1) is 5.81. The lowest BCUT2D eigenvalue weighted by Gasteiger charge is -2.08. The van der Waals surface area contributed by atoms with E-state index in [1.807, 2.05) is 0 Å². The Kier molecular flexibility index (Phi) is 9.64. The lowest BCUT2D eigenvalue weighted by molar-refractivity contribution is 0.591. The minimum Gasteiger partial charge on any atom is -0.317 e. The van der Waals surface area contributed by atoms with Crippen molar-refractivity contribution in [2.75, 3.05) is 13.1 Å². The number of thiol groups is 1. The molecule has 0 aromatic carbocycles. The highest BCUT2D eigenvalue weighted by Crippen LogP contribution is 2.10. The molecule has 0 heterocycles. The van der Waals surface area contributed by atoms with E-state index in [1.165, 1.54) is 32.1 Å². The molecule has 1 nitrogen and oxygen atoms in total. The molecule has 0 fully saturated rings. The van der Waals surface area contributed by atoms with Gasteiger partial charge in [-0.25, -0.2) is 0 Å². The summed E-state index contributed by atoms with van der Waals surface area (Å²) in [7, 11) is 0. The van der Waals surface area contributed by atoms with Crippen LogP contribution in [0.5, 0.6) is 0 Å². The maximum Gasteiger partial charge on any atom is 0.00171 e. The SMILES string of the molecule is CCCNCCCC(S)CCC. The Bertz CT molecular complexity index is 85.9. The third-order valence-electron chi connectivity index (χ3n) is 1.94. The lowest BCUT2D eigenvalue weighted by atomic mass is 10.1. The van der Waals surface area contributed by atoms with Crippen LogP contribution < -0.4 is 5.32 Å². The summed E-state index contributed by atoms with van der Waals surface area (Å²) >= 11 is 4.51. The van der Waals surface area contributed by atoms with Gasteiger partial charge >= 0.3 is 0 Å². The third kappa shape index (κ3) is 8.41. The van der Waals surface area contributed by atoms with Gasteiger partial charge in [0.25, 0.3) is 0 Å². The van der Waals surface area contributed by atoms with Crippen LogP contribution in [0.2, 0.25) is 0 Å². The van der Waals surface area contributed by atoms with Crippen molar-refractivity contribution in [1.29, 1.82) is 0 Å². The first-order valence-corrected chi connectivity index (χ1v) is 5.71. The van der Waals surface area contributed by atoms with E-state index in [2.05, 4.69) is 31.8 Å². The van der Waals surface area contributed by atoms with Crippen LogP contribution in [-0.2, 0) is 0 Å². The minimum atomic E-state index is 0.624. The van der Waals surface area contributed by atoms with Crippen molar-refractivity contribution in [3.63, 3.8) is 0 Å². The second-order valence-electron chi connectivity index (χ2n) is 3.33. The van der Waals surface area contributed by atoms with E-state index in [-0.39, 0.29) is 0 Å². The van der Waals surface area contributed by atoms with Gasteiger partial charge in [0, 0.05) is 5.25 Å². The second-order valence-corrected chi connectivity index (χ2v) is 4.07. The van der Waals surface area contributed by atoms with Gasteiger partial charge in [0.15, 0.2) is 0 Å². The molecule has 12 heavy (non-hydrogen) atoms. The molecule has 1 unspecified atom stereocenters. The van der Waals surface area contributed by atoms with E-state index in [4.69, 9.17) is 0 Å². The van der Waals surface area contributed by atoms with Crippen molar-refractivity contribution in [2.45, 2.75) is 51.2 Å². The van der Waals surface area contributed by atoms with E-state index < -0.39 is 0 Å². The molecule has 0 bridgehead atoms. The molecule has 74 valence electrons. The quantitative estimate of drug-likeness (QED) is 0.442. The summed E-state index contributed by atoms with van der Waals surface area (Å²) in [6.45, 7) is 6.74. The summed E-state index contributed by atoms with van der Waals surface area (Å²) in [5.41, 5.74) is 0. The zero-order valence-electron chi connectivity index (χ0n) is 8.47. The van der Waals surface area contributed by atoms with Crippen molar-refractivity contribution in [3.8, 4) is 0 Å². The van der Waals surface area contributed by atoms with Crippen molar-refractivity contribution in [3.05, 3.63) is 0 Å². The number of hydrogen-bond acceptors (Lipinski definition) is 2. The van der Waals surface area contributed by atoms with Gasteiger partial charge in [-0.1, -0.05) is 20.3 Å². The van der Waals surface area contributed by atoms with E-state index >= 15 is 0 Å². The third-order valence-corrected chi connectivity index (χ3v) is 2.46. The summed E-state index contributed by atoms with van der Waals surface area (Å²) in [6, 6.07) is 0. The molecule has 1 atom stereocenters. The molecular weight excluding hydrogens is 166 g/mol.